The number of nitrogens with one attached hydrogen (secondary N) is 1. The molecule has 1 aliphatic rings. The van der Waals surface area contributed by atoms with E-state index in [0.29, 0.717) is 17.2 Å². The van der Waals surface area contributed by atoms with Crippen LogP contribution in [0, 0.1) is 35.9 Å². The van der Waals surface area contributed by atoms with Gasteiger partial charge in [0.1, 0.15) is 5.82 Å². The summed E-state index contributed by atoms with van der Waals surface area (Å²) in [6.45, 7) is 6.33. The minimum absolute atomic E-state index is 0.303. The molecule has 0 saturated heterocycles. The van der Waals surface area contributed by atoms with Crippen molar-refractivity contribution in [1.82, 2.24) is 0 Å². The van der Waals surface area contributed by atoms with Crippen LogP contribution in [0.4, 0.5) is 10.1 Å². The lowest BCUT2D eigenvalue weighted by Gasteiger charge is -2.32. The Kier molecular flexibility index (Phi) is 4.65. The second kappa shape index (κ2) is 6.26. The topological polar surface area (TPSA) is 35.8 Å². The number of rotatable bonds is 3. The van der Waals surface area contributed by atoms with Crippen molar-refractivity contribution in [2.45, 2.75) is 52.5 Å². The van der Waals surface area contributed by atoms with Gasteiger partial charge in [-0.15, -0.1) is 0 Å². The van der Waals surface area contributed by atoms with Gasteiger partial charge in [-0.1, -0.05) is 13.8 Å². The molecule has 0 unspecified atom stereocenters. The molecule has 0 aliphatic heterocycles. The summed E-state index contributed by atoms with van der Waals surface area (Å²) in [5.41, 5.74) is 1.76. The third kappa shape index (κ3) is 3.30. The second-order valence-corrected chi connectivity index (χ2v) is 6.24. The molecule has 0 heterocycles. The quantitative estimate of drug-likeness (QED) is 0.872. The first-order chi connectivity index (χ1) is 9.51. The number of halogens is 1. The fourth-order valence-electron chi connectivity index (χ4n) is 3.04. The summed E-state index contributed by atoms with van der Waals surface area (Å²) < 4.78 is 13.8. The molecule has 0 spiro atoms. The van der Waals surface area contributed by atoms with Gasteiger partial charge in [-0.3, -0.25) is 0 Å². The molecule has 1 N–H and O–H groups in total. The zero-order valence-electron chi connectivity index (χ0n) is 12.5. The number of nitriles is 1. The largest absolute Gasteiger partial charge is 0.382 e. The Morgan fingerprint density at radius 3 is 2.45 bits per heavy atom. The Labute approximate surface area is 121 Å². The Balaban J connectivity index is 2.05. The van der Waals surface area contributed by atoms with E-state index in [2.05, 4.69) is 19.2 Å². The van der Waals surface area contributed by atoms with E-state index in [1.165, 1.54) is 18.9 Å². The molecule has 1 aromatic carbocycles. The summed E-state index contributed by atoms with van der Waals surface area (Å²) in [5, 5.41) is 12.4. The van der Waals surface area contributed by atoms with Crippen LogP contribution in [-0.2, 0) is 0 Å². The van der Waals surface area contributed by atoms with E-state index in [-0.39, 0.29) is 5.82 Å². The van der Waals surface area contributed by atoms with Crippen molar-refractivity contribution < 1.29 is 4.39 Å². The van der Waals surface area contributed by atoms with Gasteiger partial charge in [-0.25, -0.2) is 4.39 Å². The van der Waals surface area contributed by atoms with Crippen LogP contribution < -0.4 is 5.32 Å². The third-order valence-corrected chi connectivity index (χ3v) is 4.55. The zero-order chi connectivity index (χ0) is 14.7. The van der Waals surface area contributed by atoms with Crippen LogP contribution in [0.2, 0.25) is 0 Å². The van der Waals surface area contributed by atoms with Crippen LogP contribution in [-0.4, -0.2) is 6.04 Å². The van der Waals surface area contributed by atoms with E-state index < -0.39 is 0 Å². The molecule has 0 atom stereocenters. The van der Waals surface area contributed by atoms with Crippen molar-refractivity contribution in [2.24, 2.45) is 11.8 Å². The molecule has 3 heteroatoms. The predicted molar refractivity (Wildman–Crippen MR) is 80.1 cm³/mol. The van der Waals surface area contributed by atoms with Gasteiger partial charge in [0, 0.05) is 17.3 Å². The molecule has 1 aromatic rings. The van der Waals surface area contributed by atoms with Gasteiger partial charge < -0.3 is 5.32 Å². The Hall–Kier alpha value is -1.56. The maximum Gasteiger partial charge on any atom is 0.129 e. The van der Waals surface area contributed by atoms with E-state index in [1.807, 2.05) is 6.07 Å². The molecule has 20 heavy (non-hydrogen) atoms. The maximum absolute atomic E-state index is 13.8. The third-order valence-electron chi connectivity index (χ3n) is 4.55. The van der Waals surface area contributed by atoms with Gasteiger partial charge in [0.2, 0.25) is 0 Å². The SMILES string of the molecule is Cc1c(F)cc(C#N)cc1NC1CCC(C(C)C)CC1. The summed E-state index contributed by atoms with van der Waals surface area (Å²) in [5.74, 6) is 1.26. The molecule has 108 valence electrons. The van der Waals surface area contributed by atoms with Crippen molar-refractivity contribution in [2.75, 3.05) is 5.32 Å². The lowest BCUT2D eigenvalue weighted by Crippen LogP contribution is -2.28. The monoisotopic (exact) mass is 274 g/mol. The van der Waals surface area contributed by atoms with Gasteiger partial charge in [-0.2, -0.15) is 5.26 Å². The number of benzene rings is 1. The standard InChI is InChI=1S/C17H23FN2/c1-11(2)14-4-6-15(7-5-14)20-17-9-13(10-19)8-16(18)12(17)3/h8-9,11,14-15,20H,4-7H2,1-3H3. The first-order valence-electron chi connectivity index (χ1n) is 7.48. The van der Waals surface area contributed by atoms with E-state index in [1.54, 1.807) is 13.0 Å². The molecule has 1 saturated carbocycles. The summed E-state index contributed by atoms with van der Waals surface area (Å²) in [6, 6.07) is 5.47. The van der Waals surface area contributed by atoms with Crippen LogP contribution in [0.3, 0.4) is 0 Å². The maximum atomic E-state index is 13.8. The number of anilines is 1. The molecule has 0 aromatic heterocycles. The molecule has 0 radical (unpaired) electrons. The molecular weight excluding hydrogens is 251 g/mol. The molecule has 1 fully saturated rings. The average Bonchev–Trinajstić information content (AvgIpc) is 2.44. The molecule has 0 bridgehead atoms. The van der Waals surface area contributed by atoms with Gasteiger partial charge in [0.15, 0.2) is 0 Å². The van der Waals surface area contributed by atoms with Crippen molar-refractivity contribution in [3.63, 3.8) is 0 Å². The van der Waals surface area contributed by atoms with Crippen molar-refractivity contribution in [3.05, 3.63) is 29.1 Å². The first kappa shape index (κ1) is 14.8. The van der Waals surface area contributed by atoms with Crippen LogP contribution in [0.5, 0.6) is 0 Å². The summed E-state index contributed by atoms with van der Waals surface area (Å²) in [4.78, 5) is 0. The van der Waals surface area contributed by atoms with Crippen LogP contribution >= 0.6 is 0 Å². The molecule has 0 amide bonds. The highest BCUT2D eigenvalue weighted by Gasteiger charge is 2.23. The predicted octanol–water partition coefficient (Wildman–Crippen LogP) is 4.63. The highest BCUT2D eigenvalue weighted by molar-refractivity contribution is 5.56. The second-order valence-electron chi connectivity index (χ2n) is 6.24. The Bertz CT molecular complexity index is 508. The summed E-state index contributed by atoms with van der Waals surface area (Å²) >= 11 is 0. The number of nitrogens with zero attached hydrogens (tertiary/aromatic N) is 1. The molecular formula is C17H23FN2. The molecule has 2 rings (SSSR count). The van der Waals surface area contributed by atoms with Crippen LogP contribution in [0.25, 0.3) is 0 Å². The molecule has 2 nitrogen and oxygen atoms in total. The van der Waals surface area contributed by atoms with E-state index in [0.717, 1.165) is 30.4 Å². The van der Waals surface area contributed by atoms with Gasteiger partial charge >= 0.3 is 0 Å². The Morgan fingerprint density at radius 2 is 1.90 bits per heavy atom. The van der Waals surface area contributed by atoms with Crippen molar-refractivity contribution in [3.8, 4) is 6.07 Å². The van der Waals surface area contributed by atoms with Crippen LogP contribution in [0.1, 0.15) is 50.7 Å². The van der Waals surface area contributed by atoms with Gasteiger partial charge in [0.25, 0.3) is 0 Å². The summed E-state index contributed by atoms with van der Waals surface area (Å²) in [6.07, 6.45) is 4.71. The van der Waals surface area contributed by atoms with E-state index in [9.17, 15) is 4.39 Å². The van der Waals surface area contributed by atoms with E-state index >= 15 is 0 Å². The highest BCUT2D eigenvalue weighted by atomic mass is 19.1. The van der Waals surface area contributed by atoms with Crippen LogP contribution in [0.15, 0.2) is 12.1 Å². The first-order valence-corrected chi connectivity index (χ1v) is 7.48. The minimum Gasteiger partial charge on any atom is -0.382 e. The van der Waals surface area contributed by atoms with Gasteiger partial charge in [-0.05, 0) is 56.6 Å². The Morgan fingerprint density at radius 1 is 1.25 bits per heavy atom. The minimum atomic E-state index is -0.303. The molecule has 1 aliphatic carbocycles. The fourth-order valence-corrected chi connectivity index (χ4v) is 3.04. The summed E-state index contributed by atoms with van der Waals surface area (Å²) in [7, 11) is 0. The number of hydrogen-bond acceptors (Lipinski definition) is 2. The van der Waals surface area contributed by atoms with Gasteiger partial charge in [0.05, 0.1) is 11.6 Å². The lowest BCUT2D eigenvalue weighted by atomic mass is 9.79. The van der Waals surface area contributed by atoms with Crippen molar-refractivity contribution in [1.29, 1.82) is 5.26 Å². The zero-order valence-corrected chi connectivity index (χ0v) is 12.5. The number of hydrogen-bond donors (Lipinski definition) is 1. The smallest absolute Gasteiger partial charge is 0.129 e. The average molecular weight is 274 g/mol. The lowest BCUT2D eigenvalue weighted by molar-refractivity contribution is 0.267. The van der Waals surface area contributed by atoms with E-state index in [4.69, 9.17) is 5.26 Å². The highest BCUT2D eigenvalue weighted by Crippen LogP contribution is 2.32. The normalized spacial score (nSPS) is 22.6. The fraction of sp³-hybridized carbons (Fsp3) is 0.588. The van der Waals surface area contributed by atoms with Crippen molar-refractivity contribution >= 4 is 5.69 Å².